The lowest BCUT2D eigenvalue weighted by atomic mass is 10.2. The monoisotopic (exact) mass is 284 g/mol. The molecule has 1 amide bonds. The Labute approximate surface area is 117 Å². The molecule has 0 saturated carbocycles. The number of rotatable bonds is 5. The molecule has 0 aliphatic carbocycles. The van der Waals surface area contributed by atoms with Crippen molar-refractivity contribution >= 4 is 29.0 Å². The van der Waals surface area contributed by atoms with Gasteiger partial charge in [-0.15, -0.1) is 11.3 Å². The fraction of sp³-hybridized carbons (Fsp3) is 0.615. The molecule has 1 aliphatic heterocycles. The molecular weight excluding hydrogens is 264 g/mol. The number of thiophene rings is 1. The van der Waals surface area contributed by atoms with Crippen molar-refractivity contribution in [3.8, 4) is 0 Å². The summed E-state index contributed by atoms with van der Waals surface area (Å²) < 4.78 is 0. The summed E-state index contributed by atoms with van der Waals surface area (Å²) in [5.41, 5.74) is 0. The van der Waals surface area contributed by atoms with Crippen molar-refractivity contribution in [2.75, 3.05) is 18.6 Å². The van der Waals surface area contributed by atoms with Gasteiger partial charge >= 0.3 is 0 Å². The van der Waals surface area contributed by atoms with Crippen molar-refractivity contribution < 1.29 is 4.79 Å². The van der Waals surface area contributed by atoms with Crippen LogP contribution in [0.3, 0.4) is 0 Å². The van der Waals surface area contributed by atoms with Gasteiger partial charge in [0.2, 0.25) is 5.91 Å². The number of amides is 1. The number of hydrogen-bond acceptors (Lipinski definition) is 4. The summed E-state index contributed by atoms with van der Waals surface area (Å²) in [6.45, 7) is 4.71. The molecule has 0 bridgehead atoms. The van der Waals surface area contributed by atoms with Gasteiger partial charge in [0, 0.05) is 15.8 Å². The third-order valence-corrected chi connectivity index (χ3v) is 4.96. The predicted molar refractivity (Wildman–Crippen MR) is 79.1 cm³/mol. The topological polar surface area (TPSA) is 32.3 Å². The highest BCUT2D eigenvalue weighted by Gasteiger charge is 2.35. The molecule has 1 saturated heterocycles. The Hall–Kier alpha value is -0.520. The van der Waals surface area contributed by atoms with Gasteiger partial charge in [-0.25, -0.2) is 0 Å². The van der Waals surface area contributed by atoms with Crippen molar-refractivity contribution in [3.05, 3.63) is 21.9 Å². The van der Waals surface area contributed by atoms with E-state index in [1.807, 2.05) is 16.7 Å². The van der Waals surface area contributed by atoms with E-state index in [2.05, 4.69) is 37.6 Å². The van der Waals surface area contributed by atoms with Gasteiger partial charge in [0.05, 0.1) is 6.54 Å². The molecule has 0 spiro atoms. The molecule has 18 heavy (non-hydrogen) atoms. The number of carbonyl (C=O) groups excluding carboxylic acids is 1. The molecule has 2 unspecified atom stereocenters. The zero-order valence-corrected chi connectivity index (χ0v) is 12.7. The predicted octanol–water partition coefficient (Wildman–Crippen LogP) is 2.63. The first-order chi connectivity index (χ1) is 8.63. The number of carbonyl (C=O) groups is 1. The van der Waals surface area contributed by atoms with Crippen LogP contribution in [0.5, 0.6) is 0 Å². The minimum absolute atomic E-state index is 0.0769. The van der Waals surface area contributed by atoms with E-state index < -0.39 is 0 Å². The van der Waals surface area contributed by atoms with E-state index in [4.69, 9.17) is 0 Å². The molecule has 1 fully saturated rings. The average Bonchev–Trinajstić information content (AvgIpc) is 2.92. The van der Waals surface area contributed by atoms with Gasteiger partial charge in [0.25, 0.3) is 0 Å². The highest BCUT2D eigenvalue weighted by Crippen LogP contribution is 2.30. The zero-order valence-electron chi connectivity index (χ0n) is 11.1. The first-order valence-corrected chi connectivity index (χ1v) is 8.44. The third-order valence-electron chi connectivity index (χ3n) is 3.26. The first kappa shape index (κ1) is 13.9. The van der Waals surface area contributed by atoms with Crippen molar-refractivity contribution in [1.29, 1.82) is 0 Å². The smallest absolute Gasteiger partial charge is 0.238 e. The van der Waals surface area contributed by atoms with Gasteiger partial charge in [-0.2, -0.15) is 11.8 Å². The SMILES string of the molecule is CSCCC(C)N1C(=O)CNC1c1ccc(C)s1. The lowest BCUT2D eigenvalue weighted by Crippen LogP contribution is -2.37. The van der Waals surface area contributed by atoms with Gasteiger partial charge in [-0.1, -0.05) is 0 Å². The van der Waals surface area contributed by atoms with Crippen molar-refractivity contribution in [2.24, 2.45) is 0 Å². The van der Waals surface area contributed by atoms with Gasteiger partial charge in [0.15, 0.2) is 0 Å². The second-order valence-corrected chi connectivity index (χ2v) is 6.97. The Morgan fingerprint density at radius 1 is 1.61 bits per heavy atom. The second-order valence-electron chi connectivity index (χ2n) is 4.66. The minimum Gasteiger partial charge on any atom is -0.318 e. The maximum absolute atomic E-state index is 12.0. The van der Waals surface area contributed by atoms with Crippen LogP contribution in [0.1, 0.15) is 29.3 Å². The molecule has 1 N–H and O–H groups in total. The van der Waals surface area contributed by atoms with E-state index in [1.54, 1.807) is 11.3 Å². The molecule has 0 aromatic carbocycles. The van der Waals surface area contributed by atoms with Crippen molar-refractivity contribution in [2.45, 2.75) is 32.5 Å². The van der Waals surface area contributed by atoms with Crippen molar-refractivity contribution in [3.63, 3.8) is 0 Å². The molecular formula is C13H20N2OS2. The summed E-state index contributed by atoms with van der Waals surface area (Å²) in [6.07, 6.45) is 3.24. The Kier molecular flexibility index (Phi) is 4.70. The molecule has 5 heteroatoms. The van der Waals surface area contributed by atoms with E-state index in [0.717, 1.165) is 12.2 Å². The average molecular weight is 284 g/mol. The molecule has 2 rings (SSSR count). The molecule has 1 aromatic heterocycles. The van der Waals surface area contributed by atoms with E-state index in [9.17, 15) is 4.79 Å². The van der Waals surface area contributed by atoms with Gasteiger partial charge in [-0.3, -0.25) is 10.1 Å². The summed E-state index contributed by atoms with van der Waals surface area (Å²) in [7, 11) is 0. The number of thioether (sulfide) groups is 1. The van der Waals surface area contributed by atoms with E-state index >= 15 is 0 Å². The highest BCUT2D eigenvalue weighted by molar-refractivity contribution is 7.98. The maximum Gasteiger partial charge on any atom is 0.238 e. The summed E-state index contributed by atoms with van der Waals surface area (Å²) >= 11 is 3.61. The lowest BCUT2D eigenvalue weighted by molar-refractivity contribution is -0.130. The second kappa shape index (κ2) is 6.08. The van der Waals surface area contributed by atoms with Crippen LogP contribution in [0.2, 0.25) is 0 Å². The number of nitrogens with one attached hydrogen (secondary N) is 1. The number of aryl methyl sites for hydroxylation is 1. The lowest BCUT2D eigenvalue weighted by Gasteiger charge is -2.29. The Morgan fingerprint density at radius 2 is 2.39 bits per heavy atom. The van der Waals surface area contributed by atoms with E-state index in [-0.39, 0.29) is 12.1 Å². The fourth-order valence-corrected chi connectivity index (χ4v) is 3.81. The van der Waals surface area contributed by atoms with Gasteiger partial charge in [0.1, 0.15) is 6.17 Å². The fourth-order valence-electron chi connectivity index (χ4n) is 2.28. The summed E-state index contributed by atoms with van der Waals surface area (Å²) in [5, 5.41) is 3.32. The first-order valence-electron chi connectivity index (χ1n) is 6.23. The molecule has 2 atom stereocenters. The quantitative estimate of drug-likeness (QED) is 0.902. The van der Waals surface area contributed by atoms with Crippen LogP contribution < -0.4 is 5.32 Å². The van der Waals surface area contributed by atoms with Crippen LogP contribution in [0.15, 0.2) is 12.1 Å². The minimum atomic E-state index is 0.0769. The number of hydrogen-bond donors (Lipinski definition) is 1. The largest absolute Gasteiger partial charge is 0.318 e. The standard InChI is InChI=1S/C13H20N2OS2/c1-9(6-7-17-3)15-12(16)8-14-13(15)11-5-4-10(2)18-11/h4-5,9,13-14H,6-8H2,1-3H3. The normalized spacial score (nSPS) is 21.6. The van der Waals surface area contributed by atoms with Crippen LogP contribution in [-0.4, -0.2) is 35.4 Å². The third kappa shape index (κ3) is 2.90. The van der Waals surface area contributed by atoms with Crippen LogP contribution in [-0.2, 0) is 4.79 Å². The van der Waals surface area contributed by atoms with Crippen molar-refractivity contribution in [1.82, 2.24) is 10.2 Å². The molecule has 100 valence electrons. The van der Waals surface area contributed by atoms with Crippen LogP contribution >= 0.6 is 23.1 Å². The Balaban J connectivity index is 2.12. The van der Waals surface area contributed by atoms with Crippen LogP contribution in [0.4, 0.5) is 0 Å². The van der Waals surface area contributed by atoms with Crippen LogP contribution in [0.25, 0.3) is 0 Å². The molecule has 1 aromatic rings. The van der Waals surface area contributed by atoms with E-state index in [0.29, 0.717) is 12.6 Å². The zero-order chi connectivity index (χ0) is 13.1. The Morgan fingerprint density at radius 3 is 3.00 bits per heavy atom. The highest BCUT2D eigenvalue weighted by atomic mass is 32.2. The maximum atomic E-state index is 12.0. The molecule has 1 aliphatic rings. The summed E-state index contributed by atoms with van der Waals surface area (Å²) in [4.78, 5) is 16.6. The number of nitrogens with zero attached hydrogens (tertiary/aromatic N) is 1. The van der Waals surface area contributed by atoms with Gasteiger partial charge in [-0.05, 0) is 44.4 Å². The summed E-state index contributed by atoms with van der Waals surface area (Å²) in [5.74, 6) is 1.32. The van der Waals surface area contributed by atoms with E-state index in [1.165, 1.54) is 9.75 Å². The van der Waals surface area contributed by atoms with Gasteiger partial charge < -0.3 is 4.90 Å². The summed E-state index contributed by atoms with van der Waals surface area (Å²) in [6, 6.07) is 4.55. The molecule has 2 heterocycles. The Bertz CT molecular complexity index is 419. The van der Waals surface area contributed by atoms with Crippen LogP contribution in [0, 0.1) is 6.92 Å². The molecule has 0 radical (unpaired) electrons. The molecule has 3 nitrogen and oxygen atoms in total.